The summed E-state index contributed by atoms with van der Waals surface area (Å²) < 4.78 is 0.723. The zero-order chi connectivity index (χ0) is 30.4. The van der Waals surface area contributed by atoms with Gasteiger partial charge in [0.05, 0.1) is 10.9 Å². The Hall–Kier alpha value is -3.45. The molecule has 0 radical (unpaired) electrons. The molecule has 220 valence electrons. The summed E-state index contributed by atoms with van der Waals surface area (Å²) in [7, 11) is 0. The molecule has 6 rings (SSSR count). The molecule has 1 aliphatic heterocycles. The molecule has 0 bridgehead atoms. The summed E-state index contributed by atoms with van der Waals surface area (Å²) in [6.07, 6.45) is 4.46. The lowest BCUT2D eigenvalue weighted by Gasteiger charge is -2.40. The average Bonchev–Trinajstić information content (AvgIpc) is 3.63. The number of rotatable bonds is 6. The second-order valence-corrected chi connectivity index (χ2v) is 14.3. The van der Waals surface area contributed by atoms with E-state index >= 15 is 0 Å². The molecule has 2 aromatic heterocycles. The van der Waals surface area contributed by atoms with Crippen molar-refractivity contribution >= 4 is 51.8 Å². The van der Waals surface area contributed by atoms with Crippen LogP contribution in [0.2, 0.25) is 4.34 Å². The Balaban J connectivity index is 1.39. The lowest BCUT2D eigenvalue weighted by Crippen LogP contribution is -2.44. The van der Waals surface area contributed by atoms with Gasteiger partial charge in [-0.3, -0.25) is 9.59 Å². The number of carbonyl (C=O) groups is 2. The van der Waals surface area contributed by atoms with Gasteiger partial charge in [0.2, 0.25) is 5.91 Å². The van der Waals surface area contributed by atoms with Crippen LogP contribution < -0.4 is 4.90 Å². The van der Waals surface area contributed by atoms with Crippen molar-refractivity contribution in [3.63, 3.8) is 0 Å². The molecule has 0 fully saturated rings. The quantitative estimate of drug-likeness (QED) is 0.201. The molecule has 2 amide bonds. The molecule has 4 atom stereocenters. The van der Waals surface area contributed by atoms with Gasteiger partial charge in [-0.25, -0.2) is 0 Å². The maximum Gasteiger partial charge on any atom is 0.250 e. The largest absolute Gasteiger partial charge is 0.330 e. The van der Waals surface area contributed by atoms with Crippen molar-refractivity contribution in [2.24, 2.45) is 0 Å². The van der Waals surface area contributed by atoms with E-state index in [0.717, 1.165) is 38.9 Å². The van der Waals surface area contributed by atoms with E-state index in [1.54, 1.807) is 0 Å². The van der Waals surface area contributed by atoms with Crippen LogP contribution in [-0.4, -0.2) is 28.8 Å². The standard InChI is InChI=1S/C36H35ClN2O2S2/c1-6-33(40)38-20-31-30(19-32(37)43-31)35(23(38)5)28-13-12-25(16-22(28)4)39(34(41)7-2)26-17-24-14-15-42-36(24)29(18-26)27-11-9-8-10-21(27)3/h6-16,19,23,26,29,35H,1-2,17-18,20H2,3-5H3/t23-,26-,29+,35-/m1/s1. The van der Waals surface area contributed by atoms with Crippen LogP contribution in [0.25, 0.3) is 0 Å². The molecule has 2 aromatic carbocycles. The zero-order valence-electron chi connectivity index (χ0n) is 24.7. The van der Waals surface area contributed by atoms with Gasteiger partial charge in [0.15, 0.2) is 0 Å². The number of halogens is 1. The van der Waals surface area contributed by atoms with E-state index in [4.69, 9.17) is 11.6 Å². The molecule has 1 aliphatic carbocycles. The van der Waals surface area contributed by atoms with Crippen molar-refractivity contribution in [1.82, 2.24) is 4.90 Å². The smallest absolute Gasteiger partial charge is 0.250 e. The fourth-order valence-electron chi connectivity index (χ4n) is 7.11. The topological polar surface area (TPSA) is 40.6 Å². The summed E-state index contributed by atoms with van der Waals surface area (Å²) in [5.74, 6) is 0.00853. The molecule has 4 aromatic rings. The molecule has 0 unspecified atom stereocenters. The minimum Gasteiger partial charge on any atom is -0.330 e. The second kappa shape index (κ2) is 11.9. The van der Waals surface area contributed by atoms with Crippen molar-refractivity contribution in [2.75, 3.05) is 4.90 Å². The Kier molecular flexibility index (Phi) is 8.20. The number of hydrogen-bond acceptors (Lipinski definition) is 4. The van der Waals surface area contributed by atoms with E-state index in [0.29, 0.717) is 6.54 Å². The highest BCUT2D eigenvalue weighted by Crippen LogP contribution is 2.46. The first-order valence-corrected chi connectivity index (χ1v) is 16.7. The van der Waals surface area contributed by atoms with Crippen LogP contribution in [0.1, 0.15) is 68.3 Å². The van der Waals surface area contributed by atoms with E-state index in [2.05, 4.69) is 87.8 Å². The minimum absolute atomic E-state index is 0.0148. The van der Waals surface area contributed by atoms with E-state index < -0.39 is 0 Å². The molecule has 3 heterocycles. The third kappa shape index (κ3) is 5.30. The van der Waals surface area contributed by atoms with Crippen molar-refractivity contribution in [3.05, 3.63) is 133 Å². The maximum atomic E-state index is 13.6. The fraction of sp³-hybridized carbons (Fsp3) is 0.278. The summed E-state index contributed by atoms with van der Waals surface area (Å²) in [6, 6.07) is 19.1. The Morgan fingerprint density at radius 2 is 1.79 bits per heavy atom. The third-order valence-corrected chi connectivity index (χ3v) is 11.5. The van der Waals surface area contributed by atoms with Gasteiger partial charge in [-0.05, 0) is 109 Å². The molecule has 0 N–H and O–H groups in total. The van der Waals surface area contributed by atoms with Crippen molar-refractivity contribution in [2.45, 2.75) is 64.1 Å². The van der Waals surface area contributed by atoms with E-state index in [1.807, 2.05) is 27.2 Å². The molecule has 2 aliphatic rings. The monoisotopic (exact) mass is 626 g/mol. The minimum atomic E-state index is -0.0972. The summed E-state index contributed by atoms with van der Waals surface area (Å²) in [6.45, 7) is 14.5. The van der Waals surface area contributed by atoms with Gasteiger partial charge in [0, 0.05) is 39.4 Å². The van der Waals surface area contributed by atoms with Gasteiger partial charge in [0.25, 0.3) is 5.91 Å². The van der Waals surface area contributed by atoms with Crippen LogP contribution in [0.15, 0.2) is 85.3 Å². The fourth-order valence-corrected chi connectivity index (χ4v) is 9.51. The first-order chi connectivity index (χ1) is 20.7. The van der Waals surface area contributed by atoms with Gasteiger partial charge < -0.3 is 9.80 Å². The predicted molar refractivity (Wildman–Crippen MR) is 180 cm³/mol. The first kappa shape index (κ1) is 29.6. The van der Waals surface area contributed by atoms with E-state index in [9.17, 15) is 9.59 Å². The number of nitrogens with zero attached hydrogens (tertiary/aromatic N) is 2. The Morgan fingerprint density at radius 3 is 2.51 bits per heavy atom. The van der Waals surface area contributed by atoms with Gasteiger partial charge in [-0.15, -0.1) is 22.7 Å². The molecule has 43 heavy (non-hydrogen) atoms. The van der Waals surface area contributed by atoms with Crippen LogP contribution in [0.5, 0.6) is 0 Å². The lowest BCUT2D eigenvalue weighted by molar-refractivity contribution is -0.129. The Morgan fingerprint density at radius 1 is 1.00 bits per heavy atom. The highest BCUT2D eigenvalue weighted by atomic mass is 35.5. The summed E-state index contributed by atoms with van der Waals surface area (Å²) in [5, 5.41) is 2.17. The number of benzene rings is 2. The predicted octanol–water partition coefficient (Wildman–Crippen LogP) is 8.79. The Labute approximate surface area is 266 Å². The maximum absolute atomic E-state index is 13.6. The summed E-state index contributed by atoms with van der Waals surface area (Å²) in [4.78, 5) is 32.7. The number of amides is 2. The summed E-state index contributed by atoms with van der Waals surface area (Å²) in [5.41, 5.74) is 8.14. The number of aryl methyl sites for hydroxylation is 2. The van der Waals surface area contributed by atoms with Crippen LogP contribution in [0, 0.1) is 13.8 Å². The van der Waals surface area contributed by atoms with Crippen molar-refractivity contribution < 1.29 is 9.59 Å². The third-order valence-electron chi connectivity index (χ3n) is 9.16. The number of thiophene rings is 2. The van der Waals surface area contributed by atoms with Crippen LogP contribution in [0.3, 0.4) is 0 Å². The SMILES string of the molecule is C=CC(=O)N1Cc2sc(Cl)cc2[C@@H](c2ccc(N(C(=O)C=C)[C@@H]3Cc4ccsc4[C@H](c4ccccc4C)C3)cc2C)[C@H]1C. The van der Waals surface area contributed by atoms with Gasteiger partial charge >= 0.3 is 0 Å². The first-order valence-electron chi connectivity index (χ1n) is 14.6. The summed E-state index contributed by atoms with van der Waals surface area (Å²) >= 11 is 9.84. The van der Waals surface area contributed by atoms with E-state index in [-0.39, 0.29) is 35.7 Å². The number of anilines is 1. The lowest BCUT2D eigenvalue weighted by atomic mass is 9.79. The van der Waals surface area contributed by atoms with Crippen molar-refractivity contribution in [3.8, 4) is 0 Å². The molecular weight excluding hydrogens is 592 g/mol. The zero-order valence-corrected chi connectivity index (χ0v) is 27.1. The normalized spacial score (nSPS) is 21.1. The second-order valence-electron chi connectivity index (χ2n) is 11.6. The molecule has 0 spiro atoms. The molecular formula is C36H35ClN2O2S2. The molecule has 0 saturated heterocycles. The van der Waals surface area contributed by atoms with E-state index in [1.165, 1.54) is 50.6 Å². The van der Waals surface area contributed by atoms with Gasteiger partial charge in [0.1, 0.15) is 0 Å². The number of fused-ring (bicyclic) bond motifs is 2. The van der Waals surface area contributed by atoms with Crippen LogP contribution in [-0.2, 0) is 22.6 Å². The van der Waals surface area contributed by atoms with Gasteiger partial charge in [-0.2, -0.15) is 0 Å². The molecule has 4 nitrogen and oxygen atoms in total. The van der Waals surface area contributed by atoms with Crippen LogP contribution >= 0.6 is 34.3 Å². The Bertz CT molecular complexity index is 1740. The molecule has 0 saturated carbocycles. The average molecular weight is 627 g/mol. The number of hydrogen-bond donors (Lipinski definition) is 0. The highest BCUT2D eigenvalue weighted by Gasteiger charge is 2.38. The number of carbonyl (C=O) groups excluding carboxylic acids is 2. The van der Waals surface area contributed by atoms with Crippen molar-refractivity contribution in [1.29, 1.82) is 0 Å². The van der Waals surface area contributed by atoms with Crippen LogP contribution in [0.4, 0.5) is 5.69 Å². The highest BCUT2D eigenvalue weighted by molar-refractivity contribution is 7.16. The molecule has 7 heteroatoms. The van der Waals surface area contributed by atoms with Gasteiger partial charge in [-0.1, -0.05) is 55.1 Å².